The van der Waals surface area contributed by atoms with Gasteiger partial charge in [0, 0.05) is 24.6 Å². The minimum atomic E-state index is -0.0824. The molecular formula is C20H22N2O2. The monoisotopic (exact) mass is 322 g/mol. The second-order valence-corrected chi connectivity index (χ2v) is 6.34. The molecule has 124 valence electrons. The second-order valence-electron chi connectivity index (χ2n) is 6.34. The Kier molecular flexibility index (Phi) is 4.65. The molecule has 4 nitrogen and oxygen atoms in total. The van der Waals surface area contributed by atoms with Gasteiger partial charge >= 0.3 is 0 Å². The molecule has 2 amide bonds. The Morgan fingerprint density at radius 2 is 1.62 bits per heavy atom. The van der Waals surface area contributed by atoms with E-state index >= 15 is 0 Å². The zero-order valence-corrected chi connectivity index (χ0v) is 14.1. The van der Waals surface area contributed by atoms with Crippen LogP contribution in [0.15, 0.2) is 54.6 Å². The molecule has 0 N–H and O–H groups in total. The van der Waals surface area contributed by atoms with E-state index in [9.17, 15) is 9.59 Å². The first-order valence-electron chi connectivity index (χ1n) is 8.31. The smallest absolute Gasteiger partial charge is 0.246 e. The molecule has 2 aromatic rings. The molecule has 0 saturated carbocycles. The summed E-state index contributed by atoms with van der Waals surface area (Å²) in [4.78, 5) is 28.2. The lowest BCUT2D eigenvalue weighted by Gasteiger charge is -2.36. The first-order valence-corrected chi connectivity index (χ1v) is 8.31. The van der Waals surface area contributed by atoms with Gasteiger partial charge in [0.1, 0.15) is 6.54 Å². The summed E-state index contributed by atoms with van der Waals surface area (Å²) in [5.41, 5.74) is 3.03. The normalized spacial score (nSPS) is 15.0. The molecule has 1 aliphatic heterocycles. The average Bonchev–Trinajstić information content (AvgIpc) is 2.61. The fourth-order valence-corrected chi connectivity index (χ4v) is 3.05. The molecule has 0 radical (unpaired) electrons. The van der Waals surface area contributed by atoms with Gasteiger partial charge in [-0.05, 0) is 11.6 Å². The van der Waals surface area contributed by atoms with E-state index in [0.717, 1.165) is 16.8 Å². The maximum atomic E-state index is 12.6. The van der Waals surface area contributed by atoms with Gasteiger partial charge < -0.3 is 9.80 Å². The number of benzene rings is 2. The van der Waals surface area contributed by atoms with Gasteiger partial charge in [-0.1, -0.05) is 62.4 Å². The predicted molar refractivity (Wildman–Crippen MR) is 95.6 cm³/mol. The Morgan fingerprint density at radius 1 is 0.958 bits per heavy atom. The molecule has 1 saturated heterocycles. The van der Waals surface area contributed by atoms with Crippen LogP contribution in [0.4, 0.5) is 5.69 Å². The molecule has 1 aliphatic rings. The molecular weight excluding hydrogens is 300 g/mol. The molecule has 0 unspecified atom stereocenters. The summed E-state index contributed by atoms with van der Waals surface area (Å²) in [6.07, 6.45) is 0. The first kappa shape index (κ1) is 16.2. The highest BCUT2D eigenvalue weighted by Crippen LogP contribution is 2.31. The number of hydrogen-bond acceptors (Lipinski definition) is 2. The molecule has 0 bridgehead atoms. The van der Waals surface area contributed by atoms with E-state index in [1.807, 2.05) is 68.4 Å². The maximum Gasteiger partial charge on any atom is 0.246 e. The molecule has 0 aromatic heterocycles. The van der Waals surface area contributed by atoms with Crippen LogP contribution in [0, 0.1) is 5.92 Å². The van der Waals surface area contributed by atoms with Crippen molar-refractivity contribution in [3.8, 4) is 11.1 Å². The highest BCUT2D eigenvalue weighted by Gasteiger charge is 2.30. The van der Waals surface area contributed by atoms with Crippen LogP contribution in [-0.4, -0.2) is 36.3 Å². The van der Waals surface area contributed by atoms with Crippen LogP contribution >= 0.6 is 0 Å². The lowest BCUT2D eigenvalue weighted by Crippen LogP contribution is -2.53. The summed E-state index contributed by atoms with van der Waals surface area (Å²) in [5.74, 6) is -0.0704. The van der Waals surface area contributed by atoms with E-state index in [1.54, 1.807) is 9.80 Å². The third kappa shape index (κ3) is 3.18. The number of piperazine rings is 1. The van der Waals surface area contributed by atoms with Crippen molar-refractivity contribution in [3.63, 3.8) is 0 Å². The molecule has 24 heavy (non-hydrogen) atoms. The van der Waals surface area contributed by atoms with Gasteiger partial charge in [-0.3, -0.25) is 9.59 Å². The fraction of sp³-hybridized carbons (Fsp3) is 0.300. The van der Waals surface area contributed by atoms with Gasteiger partial charge in [0.15, 0.2) is 0 Å². The number of hydrogen-bond donors (Lipinski definition) is 0. The molecule has 0 spiro atoms. The SMILES string of the molecule is CC(C)C(=O)N1CCN(c2ccccc2-c2ccccc2)C(=O)C1. The Labute approximate surface area is 142 Å². The maximum absolute atomic E-state index is 12.6. The average molecular weight is 322 g/mol. The minimum Gasteiger partial charge on any atom is -0.331 e. The second kappa shape index (κ2) is 6.87. The molecule has 3 rings (SSSR count). The van der Waals surface area contributed by atoms with Crippen LogP contribution in [0.25, 0.3) is 11.1 Å². The van der Waals surface area contributed by atoms with Crippen LogP contribution in [0.2, 0.25) is 0 Å². The number of rotatable bonds is 3. The van der Waals surface area contributed by atoms with E-state index in [-0.39, 0.29) is 24.3 Å². The lowest BCUT2D eigenvalue weighted by atomic mass is 10.0. The lowest BCUT2D eigenvalue weighted by molar-refractivity contribution is -0.139. The zero-order valence-electron chi connectivity index (χ0n) is 14.1. The van der Waals surface area contributed by atoms with Crippen molar-refractivity contribution < 1.29 is 9.59 Å². The van der Waals surface area contributed by atoms with Gasteiger partial charge in [0.25, 0.3) is 0 Å². The predicted octanol–water partition coefficient (Wildman–Crippen LogP) is 3.18. The Bertz CT molecular complexity index is 740. The van der Waals surface area contributed by atoms with Gasteiger partial charge in [-0.15, -0.1) is 0 Å². The largest absolute Gasteiger partial charge is 0.331 e. The zero-order chi connectivity index (χ0) is 17.1. The van der Waals surface area contributed by atoms with E-state index in [2.05, 4.69) is 0 Å². The van der Waals surface area contributed by atoms with Crippen molar-refractivity contribution in [2.45, 2.75) is 13.8 Å². The van der Waals surface area contributed by atoms with Gasteiger partial charge in [0.2, 0.25) is 11.8 Å². The molecule has 1 heterocycles. The summed E-state index contributed by atoms with van der Waals surface area (Å²) >= 11 is 0. The van der Waals surface area contributed by atoms with Crippen LogP contribution in [-0.2, 0) is 9.59 Å². The fourth-order valence-electron chi connectivity index (χ4n) is 3.05. The minimum absolute atomic E-state index is 0.0290. The van der Waals surface area contributed by atoms with E-state index < -0.39 is 0 Å². The van der Waals surface area contributed by atoms with Crippen LogP contribution in [0.5, 0.6) is 0 Å². The third-order valence-electron chi connectivity index (χ3n) is 4.31. The van der Waals surface area contributed by atoms with E-state index in [4.69, 9.17) is 0 Å². The molecule has 0 atom stereocenters. The molecule has 4 heteroatoms. The standard InChI is InChI=1S/C20H22N2O2/c1-15(2)20(24)21-12-13-22(19(23)14-21)18-11-7-6-10-17(18)16-8-4-3-5-9-16/h3-11,15H,12-14H2,1-2H3. The number of carbonyl (C=O) groups is 2. The highest BCUT2D eigenvalue weighted by molar-refractivity contribution is 6.01. The van der Waals surface area contributed by atoms with Crippen molar-refractivity contribution in [2.75, 3.05) is 24.5 Å². The quantitative estimate of drug-likeness (QED) is 0.871. The first-order chi connectivity index (χ1) is 11.6. The summed E-state index contributed by atoms with van der Waals surface area (Å²) in [6.45, 7) is 4.99. The highest BCUT2D eigenvalue weighted by atomic mass is 16.2. The summed E-state index contributed by atoms with van der Waals surface area (Å²) in [6, 6.07) is 18.0. The number of para-hydroxylation sites is 1. The van der Waals surface area contributed by atoms with E-state index in [0.29, 0.717) is 13.1 Å². The number of amides is 2. The molecule has 1 fully saturated rings. The van der Waals surface area contributed by atoms with E-state index in [1.165, 1.54) is 0 Å². The van der Waals surface area contributed by atoms with Crippen molar-refractivity contribution >= 4 is 17.5 Å². The summed E-state index contributed by atoms with van der Waals surface area (Å²) < 4.78 is 0. The Hall–Kier alpha value is -2.62. The molecule has 2 aromatic carbocycles. The Morgan fingerprint density at radius 3 is 2.29 bits per heavy atom. The summed E-state index contributed by atoms with van der Waals surface area (Å²) in [7, 11) is 0. The van der Waals surface area contributed by atoms with Crippen LogP contribution < -0.4 is 4.90 Å². The topological polar surface area (TPSA) is 40.6 Å². The van der Waals surface area contributed by atoms with Crippen molar-refractivity contribution in [2.24, 2.45) is 5.92 Å². The summed E-state index contributed by atoms with van der Waals surface area (Å²) in [5, 5.41) is 0. The van der Waals surface area contributed by atoms with Gasteiger partial charge in [-0.25, -0.2) is 0 Å². The number of carbonyl (C=O) groups excluding carboxylic acids is 2. The third-order valence-corrected chi connectivity index (χ3v) is 4.31. The molecule has 0 aliphatic carbocycles. The van der Waals surface area contributed by atoms with Crippen LogP contribution in [0.1, 0.15) is 13.8 Å². The van der Waals surface area contributed by atoms with Crippen molar-refractivity contribution in [1.82, 2.24) is 4.90 Å². The van der Waals surface area contributed by atoms with Gasteiger partial charge in [-0.2, -0.15) is 0 Å². The Balaban J connectivity index is 1.87. The van der Waals surface area contributed by atoms with Crippen molar-refractivity contribution in [1.29, 1.82) is 0 Å². The van der Waals surface area contributed by atoms with Crippen LogP contribution in [0.3, 0.4) is 0 Å². The van der Waals surface area contributed by atoms with Gasteiger partial charge in [0.05, 0.1) is 5.69 Å². The number of nitrogens with zero attached hydrogens (tertiary/aromatic N) is 2. The van der Waals surface area contributed by atoms with Crippen molar-refractivity contribution in [3.05, 3.63) is 54.6 Å². The number of anilines is 1.